The Kier molecular flexibility index (Phi) is 3.23. The van der Waals surface area contributed by atoms with Gasteiger partial charge in [-0.15, -0.1) is 0 Å². The minimum Gasteiger partial charge on any atom is -0.383 e. The number of rotatable bonds is 2. The van der Waals surface area contributed by atoms with E-state index in [1.165, 1.54) is 30.3 Å². The molecule has 1 aromatic carbocycles. The molecule has 0 aliphatic rings. The SMILES string of the molecule is CN(C(=O)c1cccnc1N)c1ccccc1F. The minimum atomic E-state index is -0.462. The average molecular weight is 245 g/mol. The molecular formula is C13H12FN3O. The third kappa shape index (κ3) is 2.15. The second kappa shape index (κ2) is 4.83. The fourth-order valence-corrected chi connectivity index (χ4v) is 1.61. The minimum absolute atomic E-state index is 0.130. The Labute approximate surface area is 104 Å². The molecule has 2 N–H and O–H groups in total. The number of aromatic nitrogens is 1. The van der Waals surface area contributed by atoms with Gasteiger partial charge < -0.3 is 10.6 Å². The van der Waals surface area contributed by atoms with Crippen molar-refractivity contribution in [1.82, 2.24) is 4.98 Å². The van der Waals surface area contributed by atoms with Gasteiger partial charge in [0.2, 0.25) is 0 Å². The molecule has 5 heteroatoms. The van der Waals surface area contributed by atoms with Gasteiger partial charge in [0.15, 0.2) is 0 Å². The van der Waals surface area contributed by atoms with Crippen molar-refractivity contribution in [3.8, 4) is 0 Å². The van der Waals surface area contributed by atoms with Gasteiger partial charge in [-0.3, -0.25) is 4.79 Å². The summed E-state index contributed by atoms with van der Waals surface area (Å²) in [5, 5.41) is 0. The first-order valence-electron chi connectivity index (χ1n) is 5.34. The van der Waals surface area contributed by atoms with Crippen molar-refractivity contribution in [1.29, 1.82) is 0 Å². The summed E-state index contributed by atoms with van der Waals surface area (Å²) in [6.07, 6.45) is 1.50. The zero-order valence-corrected chi connectivity index (χ0v) is 9.80. The lowest BCUT2D eigenvalue weighted by Gasteiger charge is -2.18. The number of hydrogen-bond donors (Lipinski definition) is 1. The second-order valence-corrected chi connectivity index (χ2v) is 3.75. The molecule has 0 saturated heterocycles. The van der Waals surface area contributed by atoms with Crippen LogP contribution in [0.3, 0.4) is 0 Å². The lowest BCUT2D eigenvalue weighted by Crippen LogP contribution is -2.28. The van der Waals surface area contributed by atoms with Crippen LogP contribution >= 0.6 is 0 Å². The van der Waals surface area contributed by atoms with E-state index in [0.29, 0.717) is 0 Å². The van der Waals surface area contributed by atoms with Crippen molar-refractivity contribution in [3.63, 3.8) is 0 Å². The van der Waals surface area contributed by atoms with Crippen molar-refractivity contribution in [2.24, 2.45) is 0 Å². The number of pyridine rings is 1. The van der Waals surface area contributed by atoms with Gasteiger partial charge in [0, 0.05) is 13.2 Å². The molecule has 0 aliphatic carbocycles. The fraction of sp³-hybridized carbons (Fsp3) is 0.0769. The van der Waals surface area contributed by atoms with E-state index in [2.05, 4.69) is 4.98 Å². The zero-order chi connectivity index (χ0) is 13.1. The maximum Gasteiger partial charge on any atom is 0.261 e. The lowest BCUT2D eigenvalue weighted by atomic mass is 10.2. The molecule has 18 heavy (non-hydrogen) atoms. The molecule has 0 aliphatic heterocycles. The number of nitrogens with two attached hydrogens (primary N) is 1. The molecule has 1 amide bonds. The van der Waals surface area contributed by atoms with Crippen LogP contribution in [0, 0.1) is 5.82 Å². The van der Waals surface area contributed by atoms with Crippen LogP contribution in [-0.2, 0) is 0 Å². The van der Waals surface area contributed by atoms with E-state index in [9.17, 15) is 9.18 Å². The summed E-state index contributed by atoms with van der Waals surface area (Å²) >= 11 is 0. The topological polar surface area (TPSA) is 59.2 Å². The smallest absolute Gasteiger partial charge is 0.261 e. The molecule has 4 nitrogen and oxygen atoms in total. The predicted molar refractivity (Wildman–Crippen MR) is 67.8 cm³/mol. The van der Waals surface area contributed by atoms with E-state index in [0.717, 1.165) is 0 Å². The highest BCUT2D eigenvalue weighted by molar-refractivity contribution is 6.08. The van der Waals surface area contributed by atoms with Gasteiger partial charge in [-0.2, -0.15) is 0 Å². The van der Waals surface area contributed by atoms with Gasteiger partial charge in [-0.25, -0.2) is 9.37 Å². The first kappa shape index (κ1) is 12.0. The number of anilines is 2. The Morgan fingerprint density at radius 2 is 2.00 bits per heavy atom. The summed E-state index contributed by atoms with van der Waals surface area (Å²) in [5.41, 5.74) is 6.08. The van der Waals surface area contributed by atoms with E-state index in [1.807, 2.05) is 0 Å². The molecule has 0 bridgehead atoms. The number of carbonyl (C=O) groups excluding carboxylic acids is 1. The highest BCUT2D eigenvalue weighted by atomic mass is 19.1. The molecule has 0 spiro atoms. The van der Waals surface area contributed by atoms with Gasteiger partial charge in [0.25, 0.3) is 5.91 Å². The summed E-state index contributed by atoms with van der Waals surface area (Å²) in [7, 11) is 1.49. The molecule has 2 aromatic rings. The van der Waals surface area contributed by atoms with Crippen LogP contribution in [0.1, 0.15) is 10.4 Å². The van der Waals surface area contributed by atoms with Crippen molar-refractivity contribution in [3.05, 3.63) is 54.0 Å². The Balaban J connectivity index is 2.36. The van der Waals surface area contributed by atoms with Crippen LogP contribution in [0.15, 0.2) is 42.6 Å². The van der Waals surface area contributed by atoms with Gasteiger partial charge >= 0.3 is 0 Å². The van der Waals surface area contributed by atoms with Crippen LogP contribution in [-0.4, -0.2) is 17.9 Å². The number of para-hydroxylation sites is 1. The van der Waals surface area contributed by atoms with Crippen molar-refractivity contribution in [2.75, 3.05) is 17.7 Å². The fourth-order valence-electron chi connectivity index (χ4n) is 1.61. The molecule has 0 radical (unpaired) electrons. The van der Waals surface area contributed by atoms with Gasteiger partial charge in [0.1, 0.15) is 11.6 Å². The number of hydrogen-bond acceptors (Lipinski definition) is 3. The summed E-state index contributed by atoms with van der Waals surface area (Å²) in [4.78, 5) is 17.2. The van der Waals surface area contributed by atoms with Crippen LogP contribution < -0.4 is 10.6 Å². The van der Waals surface area contributed by atoms with Crippen molar-refractivity contribution >= 4 is 17.4 Å². The zero-order valence-electron chi connectivity index (χ0n) is 9.80. The number of nitrogens with zero attached hydrogens (tertiary/aromatic N) is 2. The quantitative estimate of drug-likeness (QED) is 0.881. The highest BCUT2D eigenvalue weighted by Crippen LogP contribution is 2.20. The number of amides is 1. The summed E-state index contributed by atoms with van der Waals surface area (Å²) < 4.78 is 13.6. The molecular weight excluding hydrogens is 233 g/mol. The Morgan fingerprint density at radius 1 is 1.28 bits per heavy atom. The van der Waals surface area contributed by atoms with Crippen LogP contribution in [0.4, 0.5) is 15.9 Å². The Hall–Kier alpha value is -2.43. The molecule has 92 valence electrons. The first-order valence-corrected chi connectivity index (χ1v) is 5.34. The maximum absolute atomic E-state index is 13.6. The standard InChI is InChI=1S/C13H12FN3O/c1-17(11-7-3-2-6-10(11)14)13(18)9-5-4-8-16-12(9)15/h2-8H,1H3,(H2,15,16). The number of benzene rings is 1. The molecule has 0 atom stereocenters. The lowest BCUT2D eigenvalue weighted by molar-refractivity contribution is 0.0993. The first-order chi connectivity index (χ1) is 8.61. The average Bonchev–Trinajstić information content (AvgIpc) is 2.38. The normalized spacial score (nSPS) is 10.1. The van der Waals surface area contributed by atoms with E-state index >= 15 is 0 Å². The highest BCUT2D eigenvalue weighted by Gasteiger charge is 2.18. The molecule has 1 heterocycles. The van der Waals surface area contributed by atoms with E-state index in [1.54, 1.807) is 24.3 Å². The van der Waals surface area contributed by atoms with Crippen LogP contribution in [0.5, 0.6) is 0 Å². The Bertz CT molecular complexity index is 586. The van der Waals surface area contributed by atoms with Crippen LogP contribution in [0.25, 0.3) is 0 Å². The summed E-state index contributed by atoms with van der Waals surface area (Å²) in [6.45, 7) is 0. The van der Waals surface area contributed by atoms with E-state index in [-0.39, 0.29) is 17.1 Å². The van der Waals surface area contributed by atoms with Crippen molar-refractivity contribution < 1.29 is 9.18 Å². The van der Waals surface area contributed by atoms with Gasteiger partial charge in [0.05, 0.1) is 11.3 Å². The van der Waals surface area contributed by atoms with Crippen LogP contribution in [0.2, 0.25) is 0 Å². The van der Waals surface area contributed by atoms with Crippen molar-refractivity contribution in [2.45, 2.75) is 0 Å². The predicted octanol–water partition coefficient (Wildman–Crippen LogP) is 2.08. The molecule has 0 saturated carbocycles. The number of carbonyl (C=O) groups is 1. The number of halogens is 1. The molecule has 1 aromatic heterocycles. The number of nitrogen functional groups attached to an aromatic ring is 1. The summed E-state index contributed by atoms with van der Waals surface area (Å²) in [5.74, 6) is -0.729. The maximum atomic E-state index is 13.6. The molecule has 0 fully saturated rings. The molecule has 0 unspecified atom stereocenters. The molecule has 2 rings (SSSR count). The van der Waals surface area contributed by atoms with E-state index in [4.69, 9.17) is 5.73 Å². The van der Waals surface area contributed by atoms with Gasteiger partial charge in [-0.1, -0.05) is 12.1 Å². The second-order valence-electron chi connectivity index (χ2n) is 3.75. The van der Waals surface area contributed by atoms with Gasteiger partial charge in [-0.05, 0) is 24.3 Å². The third-order valence-electron chi connectivity index (χ3n) is 2.59. The summed E-state index contributed by atoms with van der Waals surface area (Å²) in [6, 6.07) is 9.22. The largest absolute Gasteiger partial charge is 0.383 e. The van der Waals surface area contributed by atoms with E-state index < -0.39 is 11.7 Å². The third-order valence-corrected chi connectivity index (χ3v) is 2.59. The Morgan fingerprint density at radius 3 is 2.67 bits per heavy atom. The monoisotopic (exact) mass is 245 g/mol.